The van der Waals surface area contributed by atoms with Crippen molar-refractivity contribution in [2.45, 2.75) is 39.0 Å². The summed E-state index contributed by atoms with van der Waals surface area (Å²) in [5.74, 6) is -0.362. The summed E-state index contributed by atoms with van der Waals surface area (Å²) in [7, 11) is 0. The molecule has 0 aliphatic heterocycles. The summed E-state index contributed by atoms with van der Waals surface area (Å²) in [6.07, 6.45) is 6.08. The van der Waals surface area contributed by atoms with E-state index in [1.807, 2.05) is 0 Å². The largest absolute Gasteiger partial charge is 0.477 e. The molecule has 1 aromatic rings. The van der Waals surface area contributed by atoms with Crippen LogP contribution in [0.3, 0.4) is 0 Å². The zero-order valence-corrected chi connectivity index (χ0v) is 11.7. The average molecular weight is 279 g/mol. The van der Waals surface area contributed by atoms with E-state index in [0.29, 0.717) is 17.9 Å². The number of hydrogen-bond donors (Lipinski definition) is 4. The van der Waals surface area contributed by atoms with Crippen molar-refractivity contribution in [1.82, 2.24) is 10.3 Å². The molecular formula is C14H21N3O3. The number of carboxylic acids is 1. The van der Waals surface area contributed by atoms with Gasteiger partial charge < -0.3 is 20.7 Å². The first-order chi connectivity index (χ1) is 9.56. The Hall–Kier alpha value is -1.98. The molecule has 0 spiro atoms. The summed E-state index contributed by atoms with van der Waals surface area (Å²) >= 11 is 0. The lowest BCUT2D eigenvalue weighted by molar-refractivity contribution is 0.0692. The van der Waals surface area contributed by atoms with Crippen LogP contribution in [0.2, 0.25) is 0 Å². The monoisotopic (exact) mass is 279 g/mol. The summed E-state index contributed by atoms with van der Waals surface area (Å²) < 4.78 is 0. The first-order valence-electron chi connectivity index (χ1n) is 7.04. The number of H-pyrrole nitrogens is 1. The third-order valence-corrected chi connectivity index (χ3v) is 3.73. The number of aryl methyl sites for hydroxylation is 1. The van der Waals surface area contributed by atoms with Crippen molar-refractivity contribution in [3.8, 4) is 0 Å². The third-order valence-electron chi connectivity index (χ3n) is 3.73. The quantitative estimate of drug-likeness (QED) is 0.667. The lowest BCUT2D eigenvalue weighted by atomic mass is 10.0. The zero-order valence-electron chi connectivity index (χ0n) is 11.7. The molecule has 6 nitrogen and oxygen atoms in total. The molecule has 0 unspecified atom stereocenters. The van der Waals surface area contributed by atoms with Crippen molar-refractivity contribution < 1.29 is 14.7 Å². The molecule has 0 bridgehead atoms. The number of rotatable bonds is 5. The standard InChI is InChI=1S/C14H21N3O3/c1-9-8-11(12(16-9)13(18)19)17-14(20)15-7-6-10-4-2-3-5-10/h8,10,16H,2-7H2,1H3,(H,18,19)(H2,15,17,20). The summed E-state index contributed by atoms with van der Waals surface area (Å²) in [6.45, 7) is 2.37. The number of aromatic amines is 1. The van der Waals surface area contributed by atoms with E-state index in [9.17, 15) is 9.59 Å². The number of carbonyl (C=O) groups excluding carboxylic acids is 1. The molecule has 110 valence electrons. The van der Waals surface area contributed by atoms with E-state index in [-0.39, 0.29) is 11.7 Å². The fraction of sp³-hybridized carbons (Fsp3) is 0.571. The Morgan fingerprint density at radius 3 is 2.75 bits per heavy atom. The molecule has 20 heavy (non-hydrogen) atoms. The van der Waals surface area contributed by atoms with Gasteiger partial charge in [-0.05, 0) is 25.3 Å². The van der Waals surface area contributed by atoms with Gasteiger partial charge in [0.15, 0.2) is 0 Å². The lowest BCUT2D eigenvalue weighted by Gasteiger charge is -2.10. The van der Waals surface area contributed by atoms with E-state index >= 15 is 0 Å². The highest BCUT2D eigenvalue weighted by atomic mass is 16.4. The Bertz CT molecular complexity index is 490. The number of aromatic nitrogens is 1. The number of anilines is 1. The van der Waals surface area contributed by atoms with Crippen LogP contribution in [-0.4, -0.2) is 28.6 Å². The van der Waals surface area contributed by atoms with Crippen molar-refractivity contribution >= 4 is 17.7 Å². The van der Waals surface area contributed by atoms with Gasteiger partial charge in [0.25, 0.3) is 0 Å². The van der Waals surface area contributed by atoms with Crippen LogP contribution in [-0.2, 0) is 0 Å². The molecule has 6 heteroatoms. The Balaban J connectivity index is 1.80. The Morgan fingerprint density at radius 2 is 2.10 bits per heavy atom. The Kier molecular flexibility index (Phi) is 4.65. The highest BCUT2D eigenvalue weighted by molar-refractivity contribution is 5.99. The molecule has 1 aliphatic rings. The number of nitrogens with one attached hydrogen (secondary N) is 3. The topological polar surface area (TPSA) is 94.2 Å². The minimum absolute atomic E-state index is 0.00782. The molecule has 0 radical (unpaired) electrons. The van der Waals surface area contributed by atoms with E-state index < -0.39 is 5.97 Å². The molecule has 0 saturated heterocycles. The zero-order chi connectivity index (χ0) is 14.5. The van der Waals surface area contributed by atoms with E-state index in [4.69, 9.17) is 5.11 Å². The van der Waals surface area contributed by atoms with Crippen LogP contribution in [0.15, 0.2) is 6.07 Å². The lowest BCUT2D eigenvalue weighted by Crippen LogP contribution is -2.30. The normalized spacial score (nSPS) is 15.2. The minimum Gasteiger partial charge on any atom is -0.477 e. The van der Waals surface area contributed by atoms with Crippen molar-refractivity contribution in [2.24, 2.45) is 5.92 Å². The van der Waals surface area contributed by atoms with Crippen LogP contribution in [0, 0.1) is 12.8 Å². The summed E-state index contributed by atoms with van der Waals surface area (Å²) in [5, 5.41) is 14.4. The Morgan fingerprint density at radius 1 is 1.40 bits per heavy atom. The molecule has 2 amide bonds. The second kappa shape index (κ2) is 6.45. The molecule has 2 rings (SSSR count). The number of carbonyl (C=O) groups is 2. The molecule has 1 aromatic heterocycles. The predicted octanol–water partition coefficient (Wildman–Crippen LogP) is 2.72. The van der Waals surface area contributed by atoms with Crippen molar-refractivity contribution in [2.75, 3.05) is 11.9 Å². The highest BCUT2D eigenvalue weighted by Gasteiger charge is 2.17. The fourth-order valence-corrected chi connectivity index (χ4v) is 2.71. The predicted molar refractivity (Wildman–Crippen MR) is 76.1 cm³/mol. The maximum Gasteiger partial charge on any atom is 0.354 e. The SMILES string of the molecule is Cc1cc(NC(=O)NCCC2CCCC2)c(C(=O)O)[nH]1. The maximum absolute atomic E-state index is 11.7. The molecule has 1 saturated carbocycles. The molecule has 4 N–H and O–H groups in total. The second-order valence-electron chi connectivity index (χ2n) is 5.37. The molecule has 1 aliphatic carbocycles. The average Bonchev–Trinajstić information content (AvgIpc) is 2.99. The van der Waals surface area contributed by atoms with Gasteiger partial charge in [0.2, 0.25) is 0 Å². The fourth-order valence-electron chi connectivity index (χ4n) is 2.71. The second-order valence-corrected chi connectivity index (χ2v) is 5.37. The van der Waals surface area contributed by atoms with Gasteiger partial charge in [0.1, 0.15) is 5.69 Å². The van der Waals surface area contributed by atoms with Gasteiger partial charge in [-0.3, -0.25) is 0 Å². The van der Waals surface area contributed by atoms with E-state index in [2.05, 4.69) is 15.6 Å². The van der Waals surface area contributed by atoms with Crippen LogP contribution < -0.4 is 10.6 Å². The van der Waals surface area contributed by atoms with Gasteiger partial charge in [-0.1, -0.05) is 25.7 Å². The summed E-state index contributed by atoms with van der Waals surface area (Å²) in [6, 6.07) is 1.25. The van der Waals surface area contributed by atoms with Crippen LogP contribution in [0.5, 0.6) is 0 Å². The summed E-state index contributed by atoms with van der Waals surface area (Å²) in [5.41, 5.74) is 1.01. The number of hydrogen-bond acceptors (Lipinski definition) is 2. The maximum atomic E-state index is 11.7. The number of amides is 2. The van der Waals surface area contributed by atoms with Crippen LogP contribution >= 0.6 is 0 Å². The highest BCUT2D eigenvalue weighted by Crippen LogP contribution is 2.26. The van der Waals surface area contributed by atoms with E-state index in [1.54, 1.807) is 13.0 Å². The van der Waals surface area contributed by atoms with Gasteiger partial charge >= 0.3 is 12.0 Å². The van der Waals surface area contributed by atoms with Crippen molar-refractivity contribution in [3.05, 3.63) is 17.5 Å². The molecule has 0 aromatic carbocycles. The molecule has 1 heterocycles. The van der Waals surface area contributed by atoms with Gasteiger partial charge in [-0.25, -0.2) is 9.59 Å². The van der Waals surface area contributed by atoms with Crippen LogP contribution in [0.4, 0.5) is 10.5 Å². The van der Waals surface area contributed by atoms with Crippen LogP contribution in [0.1, 0.15) is 48.3 Å². The van der Waals surface area contributed by atoms with Crippen LogP contribution in [0.25, 0.3) is 0 Å². The van der Waals surface area contributed by atoms with Gasteiger partial charge in [-0.15, -0.1) is 0 Å². The number of aromatic carboxylic acids is 1. The molecular weight excluding hydrogens is 258 g/mol. The summed E-state index contributed by atoms with van der Waals surface area (Å²) in [4.78, 5) is 25.5. The minimum atomic E-state index is -1.08. The van der Waals surface area contributed by atoms with Gasteiger partial charge in [-0.2, -0.15) is 0 Å². The van der Waals surface area contributed by atoms with Gasteiger partial charge in [0.05, 0.1) is 5.69 Å². The third kappa shape index (κ3) is 3.76. The van der Waals surface area contributed by atoms with Crippen molar-refractivity contribution in [1.29, 1.82) is 0 Å². The smallest absolute Gasteiger partial charge is 0.354 e. The number of carboxylic acid groups (broad SMARTS) is 1. The Labute approximate surface area is 118 Å². The van der Waals surface area contributed by atoms with Gasteiger partial charge in [0, 0.05) is 12.2 Å². The first-order valence-corrected chi connectivity index (χ1v) is 7.04. The van der Waals surface area contributed by atoms with Crippen molar-refractivity contribution in [3.63, 3.8) is 0 Å². The molecule has 0 atom stereocenters. The first kappa shape index (κ1) is 14.4. The number of urea groups is 1. The van der Waals surface area contributed by atoms with E-state index in [1.165, 1.54) is 25.7 Å². The molecule has 1 fully saturated rings. The van der Waals surface area contributed by atoms with E-state index in [0.717, 1.165) is 12.3 Å².